The average Bonchev–Trinajstić information content (AvgIpc) is 2.68. The van der Waals surface area contributed by atoms with Gasteiger partial charge in [-0.1, -0.05) is 49.6 Å². The van der Waals surface area contributed by atoms with Crippen molar-refractivity contribution >= 4 is 6.03 Å². The van der Waals surface area contributed by atoms with Gasteiger partial charge in [0.15, 0.2) is 0 Å². The van der Waals surface area contributed by atoms with Crippen molar-refractivity contribution in [2.45, 2.75) is 64.6 Å². The van der Waals surface area contributed by atoms with Crippen LogP contribution in [0.25, 0.3) is 0 Å². The highest BCUT2D eigenvalue weighted by Crippen LogP contribution is 2.23. The van der Waals surface area contributed by atoms with E-state index in [2.05, 4.69) is 19.2 Å². The van der Waals surface area contributed by atoms with E-state index in [-0.39, 0.29) is 12.1 Å². The van der Waals surface area contributed by atoms with Gasteiger partial charge < -0.3 is 15.0 Å². The van der Waals surface area contributed by atoms with E-state index in [1.54, 1.807) is 0 Å². The first-order chi connectivity index (χ1) is 13.1. The molecule has 0 bridgehead atoms. The predicted octanol–water partition coefficient (Wildman–Crippen LogP) is 5.73. The molecular formula is C23H30N2O2. The number of urea groups is 1. The number of hydrogen-bond donors (Lipinski definition) is 1. The third-order valence-corrected chi connectivity index (χ3v) is 5.05. The molecule has 0 radical (unpaired) electrons. The molecule has 1 saturated carbocycles. The highest BCUT2D eigenvalue weighted by atomic mass is 16.5. The Hall–Kier alpha value is -2.49. The second kappa shape index (κ2) is 9.45. The number of ether oxygens (including phenoxy) is 1. The van der Waals surface area contributed by atoms with Crippen LogP contribution < -0.4 is 10.1 Å². The first-order valence-electron chi connectivity index (χ1n) is 10.0. The zero-order valence-electron chi connectivity index (χ0n) is 16.4. The van der Waals surface area contributed by atoms with E-state index in [4.69, 9.17) is 4.74 Å². The molecule has 0 unspecified atom stereocenters. The van der Waals surface area contributed by atoms with Crippen LogP contribution in [0.5, 0.6) is 11.5 Å². The van der Waals surface area contributed by atoms with E-state index in [0.717, 1.165) is 29.9 Å². The highest BCUT2D eigenvalue weighted by molar-refractivity contribution is 5.74. The zero-order valence-corrected chi connectivity index (χ0v) is 16.4. The normalized spacial score (nSPS) is 14.8. The van der Waals surface area contributed by atoms with Crippen LogP contribution in [0, 0.1) is 0 Å². The van der Waals surface area contributed by atoms with Gasteiger partial charge in [-0.2, -0.15) is 0 Å². The summed E-state index contributed by atoms with van der Waals surface area (Å²) in [5, 5.41) is 3.23. The standard InChI is InChI=1S/C23H30N2O2/c1-18(2)25(23(26)24-20-11-5-3-6-12-20)17-19-10-9-15-22(16-19)27-21-13-7-4-8-14-21/h4,7-10,13-16,18,20H,3,5-6,11-12,17H2,1-2H3,(H,24,26). The lowest BCUT2D eigenvalue weighted by atomic mass is 9.96. The Morgan fingerprint density at radius 1 is 1.04 bits per heavy atom. The van der Waals surface area contributed by atoms with Crippen molar-refractivity contribution < 1.29 is 9.53 Å². The minimum absolute atomic E-state index is 0.0336. The van der Waals surface area contributed by atoms with Crippen LogP contribution >= 0.6 is 0 Å². The van der Waals surface area contributed by atoms with E-state index in [0.29, 0.717) is 12.6 Å². The quantitative estimate of drug-likeness (QED) is 0.709. The number of amides is 2. The molecule has 4 heteroatoms. The molecule has 3 rings (SSSR count). The fourth-order valence-electron chi connectivity index (χ4n) is 3.52. The zero-order chi connectivity index (χ0) is 19.1. The van der Waals surface area contributed by atoms with Crippen LogP contribution in [0.4, 0.5) is 4.79 Å². The van der Waals surface area contributed by atoms with E-state index in [1.165, 1.54) is 19.3 Å². The number of rotatable bonds is 6. The number of benzene rings is 2. The lowest BCUT2D eigenvalue weighted by Crippen LogP contribution is -2.47. The van der Waals surface area contributed by atoms with Gasteiger partial charge in [-0.3, -0.25) is 0 Å². The Morgan fingerprint density at radius 3 is 2.44 bits per heavy atom. The predicted molar refractivity (Wildman–Crippen MR) is 109 cm³/mol. The molecule has 4 nitrogen and oxygen atoms in total. The second-order valence-electron chi connectivity index (χ2n) is 7.57. The molecule has 0 aliphatic heterocycles. The summed E-state index contributed by atoms with van der Waals surface area (Å²) in [6, 6.07) is 18.2. The molecule has 0 atom stereocenters. The van der Waals surface area contributed by atoms with Crippen molar-refractivity contribution in [3.8, 4) is 11.5 Å². The van der Waals surface area contributed by atoms with Gasteiger partial charge in [-0.05, 0) is 56.5 Å². The van der Waals surface area contributed by atoms with Crippen LogP contribution in [-0.4, -0.2) is 23.0 Å². The van der Waals surface area contributed by atoms with Gasteiger partial charge >= 0.3 is 6.03 Å². The maximum absolute atomic E-state index is 12.8. The summed E-state index contributed by atoms with van der Waals surface area (Å²) in [5.74, 6) is 1.60. The Kier molecular flexibility index (Phi) is 6.74. The van der Waals surface area contributed by atoms with Crippen LogP contribution in [0.1, 0.15) is 51.5 Å². The molecule has 2 aromatic rings. The summed E-state index contributed by atoms with van der Waals surface area (Å²) in [6.45, 7) is 4.69. The van der Waals surface area contributed by atoms with E-state index >= 15 is 0 Å². The molecule has 1 fully saturated rings. The van der Waals surface area contributed by atoms with Crippen molar-refractivity contribution in [2.75, 3.05) is 0 Å². The first-order valence-corrected chi connectivity index (χ1v) is 10.0. The largest absolute Gasteiger partial charge is 0.457 e. The summed E-state index contributed by atoms with van der Waals surface area (Å²) >= 11 is 0. The van der Waals surface area contributed by atoms with Crippen LogP contribution in [0.2, 0.25) is 0 Å². The lowest BCUT2D eigenvalue weighted by Gasteiger charge is -2.31. The smallest absolute Gasteiger partial charge is 0.318 e. The van der Waals surface area contributed by atoms with Crippen LogP contribution in [0.3, 0.4) is 0 Å². The van der Waals surface area contributed by atoms with E-state index < -0.39 is 0 Å². The molecule has 0 aromatic heterocycles. The van der Waals surface area contributed by atoms with Gasteiger partial charge in [0.1, 0.15) is 11.5 Å². The fraction of sp³-hybridized carbons (Fsp3) is 0.435. The Balaban J connectivity index is 1.65. The average molecular weight is 367 g/mol. The monoisotopic (exact) mass is 366 g/mol. The minimum Gasteiger partial charge on any atom is -0.457 e. The third-order valence-electron chi connectivity index (χ3n) is 5.05. The number of hydrogen-bond acceptors (Lipinski definition) is 2. The van der Waals surface area contributed by atoms with E-state index in [1.807, 2.05) is 59.5 Å². The van der Waals surface area contributed by atoms with E-state index in [9.17, 15) is 4.79 Å². The Labute approximate surface area is 162 Å². The van der Waals surface area contributed by atoms with Gasteiger partial charge in [0, 0.05) is 18.6 Å². The maximum atomic E-state index is 12.8. The molecule has 2 amide bonds. The second-order valence-corrected chi connectivity index (χ2v) is 7.57. The molecule has 27 heavy (non-hydrogen) atoms. The van der Waals surface area contributed by atoms with Gasteiger partial charge in [-0.25, -0.2) is 4.79 Å². The SMILES string of the molecule is CC(C)N(Cc1cccc(Oc2ccccc2)c1)C(=O)NC1CCCCC1. The molecule has 144 valence electrons. The third kappa shape index (κ3) is 5.75. The topological polar surface area (TPSA) is 41.6 Å². The molecule has 1 N–H and O–H groups in total. The van der Waals surface area contributed by atoms with Gasteiger partial charge in [-0.15, -0.1) is 0 Å². The molecule has 0 heterocycles. The van der Waals surface area contributed by atoms with Crippen molar-refractivity contribution in [1.82, 2.24) is 10.2 Å². The summed E-state index contributed by atoms with van der Waals surface area (Å²) in [5.41, 5.74) is 1.07. The summed E-state index contributed by atoms with van der Waals surface area (Å²) in [7, 11) is 0. The maximum Gasteiger partial charge on any atom is 0.318 e. The Bertz CT molecular complexity index is 724. The summed E-state index contributed by atoms with van der Waals surface area (Å²) < 4.78 is 5.92. The Morgan fingerprint density at radius 2 is 1.74 bits per heavy atom. The van der Waals surface area contributed by atoms with Crippen molar-refractivity contribution in [2.24, 2.45) is 0 Å². The first kappa shape index (κ1) is 19.3. The van der Waals surface area contributed by atoms with Crippen molar-refractivity contribution in [3.05, 3.63) is 60.2 Å². The van der Waals surface area contributed by atoms with Crippen molar-refractivity contribution in [1.29, 1.82) is 0 Å². The van der Waals surface area contributed by atoms with Crippen LogP contribution in [-0.2, 0) is 6.54 Å². The number of nitrogens with one attached hydrogen (secondary N) is 1. The number of para-hydroxylation sites is 1. The molecular weight excluding hydrogens is 336 g/mol. The highest BCUT2D eigenvalue weighted by Gasteiger charge is 2.22. The minimum atomic E-state index is 0.0336. The van der Waals surface area contributed by atoms with Gasteiger partial charge in [0.25, 0.3) is 0 Å². The summed E-state index contributed by atoms with van der Waals surface area (Å²) in [4.78, 5) is 14.7. The number of carbonyl (C=O) groups excluding carboxylic acids is 1. The van der Waals surface area contributed by atoms with Gasteiger partial charge in [0.2, 0.25) is 0 Å². The van der Waals surface area contributed by atoms with Crippen LogP contribution in [0.15, 0.2) is 54.6 Å². The molecule has 1 aliphatic carbocycles. The number of nitrogens with zero attached hydrogens (tertiary/aromatic N) is 1. The number of carbonyl (C=O) groups is 1. The lowest BCUT2D eigenvalue weighted by molar-refractivity contribution is 0.172. The summed E-state index contributed by atoms with van der Waals surface area (Å²) in [6.07, 6.45) is 5.90. The molecule has 1 aliphatic rings. The van der Waals surface area contributed by atoms with Crippen molar-refractivity contribution in [3.63, 3.8) is 0 Å². The molecule has 2 aromatic carbocycles. The molecule has 0 spiro atoms. The van der Waals surface area contributed by atoms with Gasteiger partial charge in [0.05, 0.1) is 0 Å². The molecule has 0 saturated heterocycles. The fourth-order valence-corrected chi connectivity index (χ4v) is 3.52.